The summed E-state index contributed by atoms with van der Waals surface area (Å²) in [6, 6.07) is 6.62. The first-order valence-electron chi connectivity index (χ1n) is 5.61. The Balaban J connectivity index is 1.62. The quantitative estimate of drug-likeness (QED) is 0.846. The summed E-state index contributed by atoms with van der Waals surface area (Å²) in [4.78, 5) is 4.41. The molecule has 0 radical (unpaired) electrons. The van der Waals surface area contributed by atoms with Crippen molar-refractivity contribution in [2.75, 3.05) is 0 Å². The molecule has 1 aromatic carbocycles. The highest BCUT2D eigenvalue weighted by Crippen LogP contribution is 2.38. The molecular weight excluding hydrogens is 237 g/mol. The number of aromatic amines is 1. The van der Waals surface area contributed by atoms with Gasteiger partial charge >= 0.3 is 0 Å². The minimum absolute atomic E-state index is 0.197. The molecule has 0 atom stereocenters. The lowest BCUT2D eigenvalue weighted by Crippen LogP contribution is -1.84. The Kier molecular flexibility index (Phi) is 2.84. The van der Waals surface area contributed by atoms with Crippen molar-refractivity contribution in [2.24, 2.45) is 0 Å². The molecule has 0 saturated heterocycles. The van der Waals surface area contributed by atoms with Gasteiger partial charge in [0.1, 0.15) is 11.6 Å². The van der Waals surface area contributed by atoms with Crippen molar-refractivity contribution < 1.29 is 4.39 Å². The van der Waals surface area contributed by atoms with E-state index in [4.69, 9.17) is 0 Å². The zero-order chi connectivity index (χ0) is 11.7. The minimum Gasteiger partial charge on any atom is -0.262 e. The number of H-pyrrole nitrogens is 1. The van der Waals surface area contributed by atoms with E-state index in [0.717, 1.165) is 16.5 Å². The number of nitrogens with zero attached hydrogens (tertiary/aromatic N) is 2. The molecule has 0 spiro atoms. The van der Waals surface area contributed by atoms with Crippen LogP contribution in [0.1, 0.15) is 30.1 Å². The van der Waals surface area contributed by atoms with E-state index >= 15 is 0 Å². The van der Waals surface area contributed by atoms with E-state index in [1.807, 2.05) is 6.07 Å². The molecule has 88 valence electrons. The zero-order valence-electron chi connectivity index (χ0n) is 9.19. The summed E-state index contributed by atoms with van der Waals surface area (Å²) in [6.07, 6.45) is 2.42. The smallest absolute Gasteiger partial charge is 0.208 e. The van der Waals surface area contributed by atoms with E-state index < -0.39 is 0 Å². The average molecular weight is 249 g/mol. The molecule has 1 N–H and O–H groups in total. The largest absolute Gasteiger partial charge is 0.262 e. The van der Waals surface area contributed by atoms with Crippen LogP contribution in [0.5, 0.6) is 0 Å². The van der Waals surface area contributed by atoms with Gasteiger partial charge in [0, 0.05) is 11.7 Å². The zero-order valence-corrected chi connectivity index (χ0v) is 10.0. The first-order valence-corrected chi connectivity index (χ1v) is 6.59. The molecule has 5 heteroatoms. The maximum Gasteiger partial charge on any atom is 0.208 e. The van der Waals surface area contributed by atoms with Crippen LogP contribution in [0.25, 0.3) is 0 Å². The maximum atomic E-state index is 13.0. The van der Waals surface area contributed by atoms with Crippen LogP contribution in [0, 0.1) is 5.82 Å². The molecule has 1 saturated carbocycles. The molecule has 2 aromatic rings. The van der Waals surface area contributed by atoms with Gasteiger partial charge in [0.15, 0.2) is 0 Å². The van der Waals surface area contributed by atoms with Gasteiger partial charge in [0.05, 0.1) is 0 Å². The number of nitrogens with one attached hydrogen (secondary N) is 1. The van der Waals surface area contributed by atoms with Gasteiger partial charge < -0.3 is 0 Å². The van der Waals surface area contributed by atoms with Crippen LogP contribution in [0.15, 0.2) is 29.4 Å². The van der Waals surface area contributed by atoms with Crippen molar-refractivity contribution >= 4 is 11.8 Å². The van der Waals surface area contributed by atoms with Crippen molar-refractivity contribution in [1.82, 2.24) is 15.2 Å². The fourth-order valence-electron chi connectivity index (χ4n) is 1.64. The summed E-state index contributed by atoms with van der Waals surface area (Å²) < 4.78 is 13.0. The molecule has 0 unspecified atom stereocenters. The maximum absolute atomic E-state index is 13.0. The summed E-state index contributed by atoms with van der Waals surface area (Å²) in [5.74, 6) is 2.08. The van der Waals surface area contributed by atoms with Crippen LogP contribution in [-0.4, -0.2) is 15.2 Å². The van der Waals surface area contributed by atoms with E-state index in [1.165, 1.54) is 30.7 Å². The van der Waals surface area contributed by atoms with E-state index in [-0.39, 0.29) is 5.82 Å². The number of thioether (sulfide) groups is 1. The Labute approximate surface area is 103 Å². The SMILES string of the molecule is Fc1cccc(CSc2n[nH]c(C3CC3)n2)c1. The van der Waals surface area contributed by atoms with E-state index in [9.17, 15) is 4.39 Å². The number of rotatable bonds is 4. The highest BCUT2D eigenvalue weighted by molar-refractivity contribution is 7.98. The molecule has 3 nitrogen and oxygen atoms in total. The molecule has 0 bridgehead atoms. The Morgan fingerprint density at radius 1 is 1.41 bits per heavy atom. The lowest BCUT2D eigenvalue weighted by Gasteiger charge is -1.97. The highest BCUT2D eigenvalue weighted by Gasteiger charge is 2.27. The third-order valence-corrected chi connectivity index (χ3v) is 3.62. The molecule has 1 aliphatic rings. The third kappa shape index (κ3) is 2.66. The number of benzene rings is 1. The van der Waals surface area contributed by atoms with Gasteiger partial charge in [-0.25, -0.2) is 9.37 Å². The lowest BCUT2D eigenvalue weighted by molar-refractivity contribution is 0.626. The van der Waals surface area contributed by atoms with Crippen LogP contribution in [0.3, 0.4) is 0 Å². The second-order valence-corrected chi connectivity index (χ2v) is 5.14. The Bertz CT molecular complexity index is 522. The predicted octanol–water partition coefficient (Wildman–Crippen LogP) is 3.11. The summed E-state index contributed by atoms with van der Waals surface area (Å²) in [6.45, 7) is 0. The van der Waals surface area contributed by atoms with Crippen molar-refractivity contribution in [2.45, 2.75) is 29.7 Å². The highest BCUT2D eigenvalue weighted by atomic mass is 32.2. The molecule has 1 aromatic heterocycles. The average Bonchev–Trinajstić information content (AvgIpc) is 3.07. The number of halogens is 1. The third-order valence-electron chi connectivity index (χ3n) is 2.70. The lowest BCUT2D eigenvalue weighted by atomic mass is 10.2. The summed E-state index contributed by atoms with van der Waals surface area (Å²) in [5, 5.41) is 7.85. The van der Waals surface area contributed by atoms with Gasteiger partial charge in [-0.3, -0.25) is 5.10 Å². The summed E-state index contributed by atoms with van der Waals surface area (Å²) in [5.41, 5.74) is 0.952. The fourth-order valence-corrected chi connectivity index (χ4v) is 2.39. The Morgan fingerprint density at radius 2 is 2.29 bits per heavy atom. The number of aromatic nitrogens is 3. The van der Waals surface area contributed by atoms with Gasteiger partial charge in [-0.05, 0) is 30.5 Å². The van der Waals surface area contributed by atoms with Crippen LogP contribution in [0.2, 0.25) is 0 Å². The number of hydrogen-bond acceptors (Lipinski definition) is 3. The van der Waals surface area contributed by atoms with Crippen LogP contribution in [0.4, 0.5) is 4.39 Å². The van der Waals surface area contributed by atoms with Gasteiger partial charge in [0.2, 0.25) is 5.16 Å². The molecule has 1 aliphatic carbocycles. The monoisotopic (exact) mass is 249 g/mol. The first-order chi connectivity index (χ1) is 8.31. The molecule has 0 aliphatic heterocycles. The van der Waals surface area contributed by atoms with E-state index in [0.29, 0.717) is 11.7 Å². The Morgan fingerprint density at radius 3 is 3.06 bits per heavy atom. The fraction of sp³-hybridized carbons (Fsp3) is 0.333. The van der Waals surface area contributed by atoms with Crippen molar-refractivity contribution in [3.63, 3.8) is 0 Å². The second kappa shape index (κ2) is 4.49. The summed E-state index contributed by atoms with van der Waals surface area (Å²) in [7, 11) is 0. The van der Waals surface area contributed by atoms with E-state index in [2.05, 4.69) is 15.2 Å². The first kappa shape index (κ1) is 10.8. The number of hydrogen-bond donors (Lipinski definition) is 1. The van der Waals surface area contributed by atoms with Crippen LogP contribution < -0.4 is 0 Å². The molecule has 1 fully saturated rings. The van der Waals surface area contributed by atoms with Crippen LogP contribution >= 0.6 is 11.8 Å². The van der Waals surface area contributed by atoms with Gasteiger partial charge in [-0.2, -0.15) is 0 Å². The topological polar surface area (TPSA) is 41.6 Å². The summed E-state index contributed by atoms with van der Waals surface area (Å²) >= 11 is 1.53. The second-order valence-electron chi connectivity index (χ2n) is 4.20. The van der Waals surface area contributed by atoms with Crippen molar-refractivity contribution in [1.29, 1.82) is 0 Å². The standard InChI is InChI=1S/C12H12FN3S/c13-10-3-1-2-8(6-10)7-17-12-14-11(15-16-12)9-4-5-9/h1-3,6,9H,4-5,7H2,(H,14,15,16). The molecule has 3 rings (SSSR count). The molecule has 1 heterocycles. The van der Waals surface area contributed by atoms with Gasteiger partial charge in [-0.1, -0.05) is 23.9 Å². The van der Waals surface area contributed by atoms with Crippen molar-refractivity contribution in [3.05, 3.63) is 41.5 Å². The van der Waals surface area contributed by atoms with Crippen LogP contribution in [-0.2, 0) is 5.75 Å². The normalized spacial score (nSPS) is 15.1. The van der Waals surface area contributed by atoms with Crippen molar-refractivity contribution in [3.8, 4) is 0 Å². The predicted molar refractivity (Wildman–Crippen MR) is 64.3 cm³/mol. The minimum atomic E-state index is -0.197. The Hall–Kier alpha value is -1.36. The molecule has 17 heavy (non-hydrogen) atoms. The molecular formula is C12H12FN3S. The van der Waals surface area contributed by atoms with Gasteiger partial charge in [0.25, 0.3) is 0 Å². The van der Waals surface area contributed by atoms with E-state index in [1.54, 1.807) is 12.1 Å². The molecule has 0 amide bonds. The van der Waals surface area contributed by atoms with Gasteiger partial charge in [-0.15, -0.1) is 5.10 Å².